The normalized spacial score (nSPS) is 10.1. The summed E-state index contributed by atoms with van der Waals surface area (Å²) in [6, 6.07) is 11.7. The molecule has 0 spiro atoms. The van der Waals surface area contributed by atoms with Gasteiger partial charge in [0.05, 0.1) is 11.4 Å². The summed E-state index contributed by atoms with van der Waals surface area (Å²) in [6.45, 7) is 6.80. The molecule has 1 heterocycles. The first-order valence-corrected chi connectivity index (χ1v) is 6.76. The second-order valence-electron chi connectivity index (χ2n) is 4.36. The first-order valence-electron chi connectivity index (χ1n) is 6.38. The van der Waals surface area contributed by atoms with Crippen LogP contribution in [0.3, 0.4) is 0 Å². The topological polar surface area (TPSA) is 34.1 Å². The van der Waals surface area contributed by atoms with Gasteiger partial charge in [0.1, 0.15) is 17.5 Å². The third-order valence-corrected chi connectivity index (χ3v) is 3.04. The Bertz CT molecular complexity index is 582. The first-order chi connectivity index (χ1) is 9.69. The highest BCUT2D eigenvalue weighted by Crippen LogP contribution is 2.18. The van der Waals surface area contributed by atoms with E-state index >= 15 is 0 Å². The molecule has 0 saturated carbocycles. The van der Waals surface area contributed by atoms with Gasteiger partial charge in [0.2, 0.25) is 0 Å². The minimum Gasteiger partial charge on any atom is -0.490 e. The van der Waals surface area contributed by atoms with Crippen molar-refractivity contribution in [2.45, 2.75) is 13.5 Å². The zero-order chi connectivity index (χ0) is 14.4. The quantitative estimate of drug-likeness (QED) is 0.638. The van der Waals surface area contributed by atoms with Crippen LogP contribution in [0, 0.1) is 6.92 Å². The summed E-state index contributed by atoms with van der Waals surface area (Å²) in [5, 5.41) is 3.85. The highest BCUT2D eigenvalue weighted by molar-refractivity contribution is 6.29. The lowest BCUT2D eigenvalue weighted by molar-refractivity contribution is 0.363. The van der Waals surface area contributed by atoms with Crippen molar-refractivity contribution in [1.29, 1.82) is 0 Å². The van der Waals surface area contributed by atoms with Crippen LogP contribution < -0.4 is 10.1 Å². The van der Waals surface area contributed by atoms with Crippen molar-refractivity contribution in [2.75, 3.05) is 11.9 Å². The minimum atomic E-state index is 0.511. The van der Waals surface area contributed by atoms with Crippen LogP contribution >= 0.6 is 11.6 Å². The number of ether oxygens (including phenoxy) is 1. The molecule has 0 aliphatic carbocycles. The number of hydrogen-bond donors (Lipinski definition) is 1. The van der Waals surface area contributed by atoms with Crippen molar-refractivity contribution in [3.05, 3.63) is 65.5 Å². The Kier molecular flexibility index (Phi) is 5.02. The lowest BCUT2D eigenvalue weighted by Gasteiger charge is -2.10. The average Bonchev–Trinajstić information content (AvgIpc) is 2.45. The number of nitrogens with one attached hydrogen (secondary N) is 1. The van der Waals surface area contributed by atoms with Gasteiger partial charge in [0.15, 0.2) is 0 Å². The molecule has 1 aromatic carbocycles. The van der Waals surface area contributed by atoms with Crippen LogP contribution in [0.5, 0.6) is 5.75 Å². The number of halogens is 1. The van der Waals surface area contributed by atoms with Crippen LogP contribution in [0.25, 0.3) is 0 Å². The third-order valence-electron chi connectivity index (χ3n) is 2.83. The van der Waals surface area contributed by atoms with E-state index in [0.717, 1.165) is 23.7 Å². The molecule has 0 aliphatic rings. The number of rotatable bonds is 6. The molecule has 20 heavy (non-hydrogen) atoms. The molecular weight excluding hydrogens is 272 g/mol. The maximum atomic E-state index is 5.83. The number of aryl methyl sites for hydroxylation is 1. The van der Waals surface area contributed by atoms with Crippen molar-refractivity contribution in [2.24, 2.45) is 0 Å². The number of nitrogens with zero attached hydrogens (tertiary/aromatic N) is 1. The minimum absolute atomic E-state index is 0.511. The lowest BCUT2D eigenvalue weighted by atomic mass is 10.2. The Labute approximate surface area is 124 Å². The highest BCUT2D eigenvalue weighted by atomic mass is 35.5. The monoisotopic (exact) mass is 288 g/mol. The van der Waals surface area contributed by atoms with Crippen molar-refractivity contribution < 1.29 is 4.74 Å². The molecule has 3 nitrogen and oxygen atoms in total. The van der Waals surface area contributed by atoms with Crippen molar-refractivity contribution in [3.8, 4) is 5.75 Å². The number of anilines is 1. The summed E-state index contributed by atoms with van der Waals surface area (Å²) in [5.41, 5.74) is 3.05. The van der Waals surface area contributed by atoms with E-state index in [0.29, 0.717) is 11.8 Å². The molecular formula is C16H17ClN2O. The van der Waals surface area contributed by atoms with Gasteiger partial charge in [-0.2, -0.15) is 0 Å². The zero-order valence-corrected chi connectivity index (χ0v) is 12.2. The Morgan fingerprint density at radius 3 is 2.65 bits per heavy atom. The first kappa shape index (κ1) is 14.4. The standard InChI is InChI=1S/C16H17ClN2O/c1-3-10-20-14-6-4-13(5-7-14)11-18-15-8-9-16(17)19-12(15)2/h3-9,18H,1,10-11H2,2H3. The predicted octanol–water partition coefficient (Wildman–Crippen LogP) is 4.22. The number of aromatic nitrogens is 1. The Hall–Kier alpha value is -2.00. The average molecular weight is 289 g/mol. The van der Waals surface area contributed by atoms with Gasteiger partial charge in [-0.25, -0.2) is 4.98 Å². The van der Waals surface area contributed by atoms with Crippen LogP contribution in [0.2, 0.25) is 5.15 Å². The molecule has 0 atom stereocenters. The van der Waals surface area contributed by atoms with E-state index in [4.69, 9.17) is 16.3 Å². The van der Waals surface area contributed by atoms with Gasteiger partial charge in [-0.1, -0.05) is 36.4 Å². The SMILES string of the molecule is C=CCOc1ccc(CNc2ccc(Cl)nc2C)cc1. The molecule has 104 valence electrons. The summed E-state index contributed by atoms with van der Waals surface area (Å²) in [7, 11) is 0. The second kappa shape index (κ2) is 6.96. The molecule has 0 aliphatic heterocycles. The molecule has 0 radical (unpaired) electrons. The molecule has 0 saturated heterocycles. The molecule has 0 bridgehead atoms. The number of benzene rings is 1. The fraction of sp³-hybridized carbons (Fsp3) is 0.188. The molecule has 2 rings (SSSR count). The second-order valence-corrected chi connectivity index (χ2v) is 4.75. The molecule has 0 unspecified atom stereocenters. The Morgan fingerprint density at radius 1 is 1.25 bits per heavy atom. The van der Waals surface area contributed by atoms with Gasteiger partial charge in [-0.3, -0.25) is 0 Å². The summed E-state index contributed by atoms with van der Waals surface area (Å²) in [4.78, 5) is 4.21. The highest BCUT2D eigenvalue weighted by Gasteiger charge is 2.01. The van der Waals surface area contributed by atoms with Gasteiger partial charge in [-0.05, 0) is 36.8 Å². The third kappa shape index (κ3) is 4.00. The van der Waals surface area contributed by atoms with E-state index in [1.807, 2.05) is 37.3 Å². The Morgan fingerprint density at radius 2 is 2.00 bits per heavy atom. The van der Waals surface area contributed by atoms with E-state index < -0.39 is 0 Å². The molecule has 1 aromatic heterocycles. The molecule has 0 amide bonds. The van der Waals surface area contributed by atoms with E-state index in [9.17, 15) is 0 Å². The Balaban J connectivity index is 1.95. The van der Waals surface area contributed by atoms with E-state index in [1.54, 1.807) is 12.1 Å². The maximum absolute atomic E-state index is 5.83. The molecule has 2 aromatic rings. The lowest BCUT2D eigenvalue weighted by Crippen LogP contribution is -2.02. The molecule has 0 fully saturated rings. The molecule has 4 heteroatoms. The maximum Gasteiger partial charge on any atom is 0.129 e. The predicted molar refractivity (Wildman–Crippen MR) is 83.4 cm³/mol. The van der Waals surface area contributed by atoms with E-state index in [1.165, 1.54) is 5.56 Å². The van der Waals surface area contributed by atoms with Gasteiger partial charge in [0.25, 0.3) is 0 Å². The van der Waals surface area contributed by atoms with Gasteiger partial charge < -0.3 is 10.1 Å². The van der Waals surface area contributed by atoms with Crippen LogP contribution in [0.1, 0.15) is 11.3 Å². The summed E-state index contributed by atoms with van der Waals surface area (Å²) in [6.07, 6.45) is 1.73. The van der Waals surface area contributed by atoms with Gasteiger partial charge >= 0.3 is 0 Å². The molecule has 1 N–H and O–H groups in total. The van der Waals surface area contributed by atoms with Gasteiger partial charge in [0, 0.05) is 6.54 Å². The summed E-state index contributed by atoms with van der Waals surface area (Å²) in [5.74, 6) is 0.845. The van der Waals surface area contributed by atoms with Crippen LogP contribution in [0.4, 0.5) is 5.69 Å². The summed E-state index contributed by atoms with van der Waals surface area (Å²) < 4.78 is 5.44. The fourth-order valence-electron chi connectivity index (χ4n) is 1.77. The van der Waals surface area contributed by atoms with Crippen molar-refractivity contribution in [1.82, 2.24) is 4.98 Å². The van der Waals surface area contributed by atoms with Crippen molar-refractivity contribution in [3.63, 3.8) is 0 Å². The van der Waals surface area contributed by atoms with E-state index in [-0.39, 0.29) is 0 Å². The summed E-state index contributed by atoms with van der Waals surface area (Å²) >= 11 is 5.83. The van der Waals surface area contributed by atoms with E-state index in [2.05, 4.69) is 16.9 Å². The smallest absolute Gasteiger partial charge is 0.129 e. The fourth-order valence-corrected chi connectivity index (χ4v) is 1.96. The van der Waals surface area contributed by atoms with Crippen LogP contribution in [-0.2, 0) is 6.54 Å². The van der Waals surface area contributed by atoms with Crippen molar-refractivity contribution >= 4 is 17.3 Å². The van der Waals surface area contributed by atoms with Crippen LogP contribution in [-0.4, -0.2) is 11.6 Å². The number of hydrogen-bond acceptors (Lipinski definition) is 3. The zero-order valence-electron chi connectivity index (χ0n) is 11.4. The number of pyridine rings is 1. The van der Waals surface area contributed by atoms with Crippen LogP contribution in [0.15, 0.2) is 49.1 Å². The van der Waals surface area contributed by atoms with Gasteiger partial charge in [-0.15, -0.1) is 0 Å². The largest absolute Gasteiger partial charge is 0.490 e.